The van der Waals surface area contributed by atoms with Crippen LogP contribution in [-0.2, 0) is 0 Å². The second-order valence-corrected chi connectivity index (χ2v) is 6.47. The van der Waals surface area contributed by atoms with Crippen LogP contribution in [0.5, 0.6) is 0 Å². The van der Waals surface area contributed by atoms with Gasteiger partial charge in [-0.3, -0.25) is 4.90 Å². The van der Waals surface area contributed by atoms with E-state index in [9.17, 15) is 13.2 Å². The predicted octanol–water partition coefficient (Wildman–Crippen LogP) is 3.72. The van der Waals surface area contributed by atoms with Gasteiger partial charge >= 0.3 is 6.18 Å². The lowest BCUT2D eigenvalue weighted by atomic mass is 9.79. The molecule has 20 heavy (non-hydrogen) atoms. The van der Waals surface area contributed by atoms with Crippen molar-refractivity contribution >= 4 is 0 Å². The van der Waals surface area contributed by atoms with Gasteiger partial charge in [0.05, 0.1) is 0 Å². The molecule has 1 saturated carbocycles. The number of hydrogen-bond acceptors (Lipinski definition) is 2. The van der Waals surface area contributed by atoms with Gasteiger partial charge in [0.15, 0.2) is 0 Å². The molecule has 1 spiro atoms. The summed E-state index contributed by atoms with van der Waals surface area (Å²) in [5, 5.41) is 3.71. The van der Waals surface area contributed by atoms with Gasteiger partial charge in [0, 0.05) is 31.1 Å². The molecule has 0 aromatic heterocycles. The molecule has 1 unspecified atom stereocenters. The molecule has 5 heteroatoms. The number of piperazine rings is 1. The monoisotopic (exact) mass is 292 g/mol. The van der Waals surface area contributed by atoms with E-state index in [2.05, 4.69) is 17.1 Å². The molecule has 1 heterocycles. The first-order chi connectivity index (χ1) is 9.44. The Labute approximate surface area is 120 Å². The average molecular weight is 292 g/mol. The summed E-state index contributed by atoms with van der Waals surface area (Å²) in [4.78, 5) is 2.31. The summed E-state index contributed by atoms with van der Waals surface area (Å²) in [5.41, 5.74) is 0.183. The van der Waals surface area contributed by atoms with Gasteiger partial charge in [0.25, 0.3) is 0 Å². The van der Waals surface area contributed by atoms with E-state index in [1.54, 1.807) is 0 Å². The second kappa shape index (κ2) is 6.65. The van der Waals surface area contributed by atoms with E-state index < -0.39 is 12.6 Å². The molecule has 118 valence electrons. The molecule has 2 nitrogen and oxygen atoms in total. The molecular weight excluding hydrogens is 265 g/mol. The maximum Gasteiger partial charge on any atom is 0.389 e. The van der Waals surface area contributed by atoms with Crippen molar-refractivity contribution < 1.29 is 13.2 Å². The van der Waals surface area contributed by atoms with Gasteiger partial charge in [0.1, 0.15) is 0 Å². The second-order valence-electron chi connectivity index (χ2n) is 6.47. The Morgan fingerprint density at radius 3 is 2.50 bits per heavy atom. The van der Waals surface area contributed by atoms with E-state index in [-0.39, 0.29) is 12.0 Å². The first kappa shape index (κ1) is 16.1. The standard InChI is InChI=1S/C15H27F3N2/c1-2-13-11-19-14(7-4-3-5-8-14)12-20(13)10-6-9-15(16,17)18/h13,19H,2-12H2,1H3. The SMILES string of the molecule is CCC1CNC2(CCCCC2)CN1CCCC(F)(F)F. The highest BCUT2D eigenvalue weighted by atomic mass is 19.4. The Hall–Kier alpha value is -0.290. The van der Waals surface area contributed by atoms with Crippen molar-refractivity contribution in [2.45, 2.75) is 76.0 Å². The largest absolute Gasteiger partial charge is 0.389 e. The van der Waals surface area contributed by atoms with E-state index in [1.807, 2.05) is 0 Å². The summed E-state index contributed by atoms with van der Waals surface area (Å²) in [6, 6.07) is 0.399. The third-order valence-electron chi connectivity index (χ3n) is 4.92. The number of hydrogen-bond donors (Lipinski definition) is 1. The number of rotatable bonds is 4. The minimum Gasteiger partial charge on any atom is -0.308 e. The minimum atomic E-state index is -4.02. The van der Waals surface area contributed by atoms with E-state index >= 15 is 0 Å². The molecule has 2 rings (SSSR count). The number of halogens is 3. The van der Waals surface area contributed by atoms with Crippen molar-refractivity contribution in [3.05, 3.63) is 0 Å². The van der Waals surface area contributed by atoms with Crippen LogP contribution in [-0.4, -0.2) is 42.3 Å². The maximum absolute atomic E-state index is 12.3. The van der Waals surface area contributed by atoms with Crippen LogP contribution in [0.3, 0.4) is 0 Å². The van der Waals surface area contributed by atoms with Crippen molar-refractivity contribution in [1.29, 1.82) is 0 Å². The molecule has 1 aliphatic heterocycles. The molecule has 2 aliphatic rings. The van der Waals surface area contributed by atoms with Gasteiger partial charge in [-0.2, -0.15) is 13.2 Å². The van der Waals surface area contributed by atoms with Crippen LogP contribution >= 0.6 is 0 Å². The lowest BCUT2D eigenvalue weighted by Gasteiger charge is -2.49. The third kappa shape index (κ3) is 4.35. The van der Waals surface area contributed by atoms with Crippen LogP contribution in [0.2, 0.25) is 0 Å². The molecule has 0 amide bonds. The molecule has 1 atom stereocenters. The van der Waals surface area contributed by atoms with Crippen LogP contribution in [0.15, 0.2) is 0 Å². The molecule has 0 radical (unpaired) electrons. The first-order valence-corrected chi connectivity index (χ1v) is 8.00. The van der Waals surface area contributed by atoms with Gasteiger partial charge < -0.3 is 5.32 Å². The summed E-state index contributed by atoms with van der Waals surface area (Å²) >= 11 is 0. The van der Waals surface area contributed by atoms with Crippen LogP contribution in [0.4, 0.5) is 13.2 Å². The van der Waals surface area contributed by atoms with Crippen molar-refractivity contribution in [3.8, 4) is 0 Å². The summed E-state index contributed by atoms with van der Waals surface area (Å²) in [6.07, 6.45) is 2.73. The minimum absolute atomic E-state index is 0.183. The Kier molecular flexibility index (Phi) is 5.35. The Morgan fingerprint density at radius 2 is 1.90 bits per heavy atom. The zero-order valence-electron chi connectivity index (χ0n) is 12.4. The summed E-state index contributed by atoms with van der Waals surface area (Å²) in [6.45, 7) is 4.58. The molecule has 2 fully saturated rings. The summed E-state index contributed by atoms with van der Waals surface area (Å²) in [5.74, 6) is 0. The fraction of sp³-hybridized carbons (Fsp3) is 1.00. The maximum atomic E-state index is 12.3. The predicted molar refractivity (Wildman–Crippen MR) is 74.8 cm³/mol. The van der Waals surface area contributed by atoms with Crippen molar-refractivity contribution in [1.82, 2.24) is 10.2 Å². The van der Waals surface area contributed by atoms with Gasteiger partial charge in [-0.15, -0.1) is 0 Å². The van der Waals surface area contributed by atoms with Gasteiger partial charge in [-0.1, -0.05) is 26.2 Å². The highest BCUT2D eigenvalue weighted by molar-refractivity contribution is 4.99. The summed E-state index contributed by atoms with van der Waals surface area (Å²) in [7, 11) is 0. The number of nitrogens with one attached hydrogen (secondary N) is 1. The van der Waals surface area contributed by atoms with E-state index in [4.69, 9.17) is 0 Å². The smallest absolute Gasteiger partial charge is 0.308 e. The lowest BCUT2D eigenvalue weighted by Crippen LogP contribution is -2.64. The molecular formula is C15H27F3N2. The van der Waals surface area contributed by atoms with Crippen molar-refractivity contribution in [3.63, 3.8) is 0 Å². The summed E-state index contributed by atoms with van der Waals surface area (Å²) < 4.78 is 36.9. The third-order valence-corrected chi connectivity index (χ3v) is 4.92. The molecule has 1 aliphatic carbocycles. The normalized spacial score (nSPS) is 27.9. The highest BCUT2D eigenvalue weighted by Gasteiger charge is 2.39. The van der Waals surface area contributed by atoms with Gasteiger partial charge in [-0.25, -0.2) is 0 Å². The Bertz CT molecular complexity index is 298. The zero-order valence-corrected chi connectivity index (χ0v) is 12.4. The highest BCUT2D eigenvalue weighted by Crippen LogP contribution is 2.32. The topological polar surface area (TPSA) is 15.3 Å². The Balaban J connectivity index is 1.89. The van der Waals surface area contributed by atoms with E-state index in [1.165, 1.54) is 32.1 Å². The molecule has 0 aromatic carbocycles. The van der Waals surface area contributed by atoms with Crippen molar-refractivity contribution in [2.24, 2.45) is 0 Å². The fourth-order valence-electron chi connectivity index (χ4n) is 3.75. The number of nitrogens with zero attached hydrogens (tertiary/aromatic N) is 1. The molecule has 1 saturated heterocycles. The van der Waals surface area contributed by atoms with E-state index in [0.29, 0.717) is 12.6 Å². The van der Waals surface area contributed by atoms with Crippen LogP contribution < -0.4 is 5.32 Å². The number of alkyl halides is 3. The molecule has 0 aromatic rings. The van der Waals surface area contributed by atoms with Crippen LogP contribution in [0, 0.1) is 0 Å². The average Bonchev–Trinajstić information content (AvgIpc) is 2.38. The molecule has 1 N–H and O–H groups in total. The zero-order chi connectivity index (χ0) is 14.6. The van der Waals surface area contributed by atoms with Gasteiger partial charge in [0.2, 0.25) is 0 Å². The fourth-order valence-corrected chi connectivity index (χ4v) is 3.75. The Morgan fingerprint density at radius 1 is 1.20 bits per heavy atom. The van der Waals surface area contributed by atoms with Crippen LogP contribution in [0.25, 0.3) is 0 Å². The van der Waals surface area contributed by atoms with Gasteiger partial charge in [-0.05, 0) is 32.2 Å². The van der Waals surface area contributed by atoms with E-state index in [0.717, 1.165) is 19.5 Å². The van der Waals surface area contributed by atoms with Crippen LogP contribution in [0.1, 0.15) is 58.3 Å². The quantitative estimate of drug-likeness (QED) is 0.849. The first-order valence-electron chi connectivity index (χ1n) is 8.00. The lowest BCUT2D eigenvalue weighted by molar-refractivity contribution is -0.136. The van der Waals surface area contributed by atoms with Crippen molar-refractivity contribution in [2.75, 3.05) is 19.6 Å². The molecule has 0 bridgehead atoms.